The van der Waals surface area contributed by atoms with Crippen LogP contribution in [-0.2, 0) is 27.3 Å². The van der Waals surface area contributed by atoms with Crippen molar-refractivity contribution in [3.05, 3.63) is 104 Å². The topological polar surface area (TPSA) is 96.0 Å². The number of phenolic OH excluding ortho intramolecular Hbond substituents is 1. The molecule has 0 saturated heterocycles. The van der Waals surface area contributed by atoms with Gasteiger partial charge in [-0.1, -0.05) is 133 Å². The van der Waals surface area contributed by atoms with E-state index in [0.29, 0.717) is 6.42 Å². The normalized spacial score (nSPS) is 14.2. The van der Waals surface area contributed by atoms with Gasteiger partial charge in [-0.2, -0.15) is 0 Å². The number of hydrogen-bond donors (Lipinski definition) is 2. The average molecular weight is 643 g/mol. The molecule has 0 spiro atoms. The van der Waals surface area contributed by atoms with E-state index in [1.807, 2.05) is 0 Å². The van der Waals surface area contributed by atoms with E-state index in [0.717, 1.165) is 33.4 Å². The monoisotopic (exact) mass is 642 g/mol. The first-order chi connectivity index (χ1) is 21.2. The van der Waals surface area contributed by atoms with Crippen molar-refractivity contribution in [3.8, 4) is 5.75 Å². The Balaban J connectivity index is 2.55. The lowest BCUT2D eigenvalue weighted by atomic mass is 9.70. The van der Waals surface area contributed by atoms with Crippen molar-refractivity contribution >= 4 is 11.9 Å². The van der Waals surface area contributed by atoms with Gasteiger partial charge in [0.2, 0.25) is 0 Å². The first-order valence-electron chi connectivity index (χ1n) is 16.8. The van der Waals surface area contributed by atoms with Crippen molar-refractivity contribution < 1.29 is 15.1 Å². The molecule has 1 unspecified atom stereocenters. The zero-order chi connectivity index (χ0) is 35.9. The van der Waals surface area contributed by atoms with Crippen LogP contribution in [0.4, 0.5) is 5.69 Å². The summed E-state index contributed by atoms with van der Waals surface area (Å²) in [6.45, 7) is 30.4. The molecule has 0 aromatic heterocycles. The molecule has 0 aliphatic carbocycles. The summed E-state index contributed by atoms with van der Waals surface area (Å²) < 4.78 is 0. The Kier molecular flexibility index (Phi) is 10.6. The molecule has 6 heteroatoms. The fraction of sp³-hybridized carbons (Fsp3) is 0.537. The van der Waals surface area contributed by atoms with Crippen LogP contribution in [0.15, 0.2) is 59.6 Å². The van der Waals surface area contributed by atoms with Crippen LogP contribution in [-0.4, -0.2) is 27.4 Å². The number of rotatable bonds is 8. The molecule has 0 bridgehead atoms. The molecule has 0 radical (unpaired) electrons. The van der Waals surface area contributed by atoms with E-state index in [9.17, 15) is 20.3 Å². The van der Waals surface area contributed by atoms with E-state index >= 15 is 0 Å². The summed E-state index contributed by atoms with van der Waals surface area (Å²) in [5.74, 6) is 0.0452. The number of benzene rings is 3. The second-order valence-electron chi connectivity index (χ2n) is 17.8. The van der Waals surface area contributed by atoms with Gasteiger partial charge < -0.3 is 10.2 Å². The van der Waals surface area contributed by atoms with Gasteiger partial charge in [-0.05, 0) is 73.4 Å². The van der Waals surface area contributed by atoms with Crippen LogP contribution in [0.25, 0.3) is 0 Å². The number of aliphatic imine (C=N–C) groups is 1. The lowest BCUT2D eigenvalue weighted by Crippen LogP contribution is -2.42. The van der Waals surface area contributed by atoms with E-state index in [1.54, 1.807) is 0 Å². The predicted molar refractivity (Wildman–Crippen MR) is 196 cm³/mol. The summed E-state index contributed by atoms with van der Waals surface area (Å²) >= 11 is 0. The molecule has 6 nitrogen and oxygen atoms in total. The Labute approximate surface area is 283 Å². The number of nitrogens with zero attached hydrogens (tertiary/aromatic N) is 2. The third-order valence-electron chi connectivity index (χ3n) is 9.00. The Morgan fingerprint density at radius 3 is 1.36 bits per heavy atom. The minimum atomic E-state index is -1.58. The Morgan fingerprint density at radius 1 is 0.681 bits per heavy atom. The van der Waals surface area contributed by atoms with Gasteiger partial charge in [0.15, 0.2) is 0 Å². The number of aromatic hydroxyl groups is 1. The van der Waals surface area contributed by atoms with Crippen molar-refractivity contribution in [1.29, 1.82) is 0 Å². The highest BCUT2D eigenvalue weighted by Crippen LogP contribution is 2.44. The second-order valence-corrected chi connectivity index (χ2v) is 17.8. The molecule has 0 amide bonds. The Morgan fingerprint density at radius 2 is 1.04 bits per heavy atom. The van der Waals surface area contributed by atoms with Crippen molar-refractivity contribution in [2.75, 3.05) is 0 Å². The van der Waals surface area contributed by atoms with Crippen molar-refractivity contribution in [1.82, 2.24) is 0 Å². The fourth-order valence-corrected chi connectivity index (χ4v) is 5.69. The van der Waals surface area contributed by atoms with Crippen LogP contribution in [0.1, 0.15) is 142 Å². The number of hydrogen-bond acceptors (Lipinski definition) is 5. The minimum Gasteiger partial charge on any atom is -0.507 e. The van der Waals surface area contributed by atoms with Gasteiger partial charge in [0.1, 0.15) is 11.4 Å². The summed E-state index contributed by atoms with van der Waals surface area (Å²) in [7, 11) is 0. The lowest BCUT2D eigenvalue weighted by molar-refractivity contribution is -0.384. The summed E-state index contributed by atoms with van der Waals surface area (Å²) in [5, 5.41) is 35.9. The number of nitro benzene ring substituents is 1. The molecule has 3 aromatic carbocycles. The van der Waals surface area contributed by atoms with Gasteiger partial charge in [0.05, 0.1) is 11.0 Å². The highest BCUT2D eigenvalue weighted by molar-refractivity contribution is 5.84. The van der Waals surface area contributed by atoms with Crippen LogP contribution in [0.5, 0.6) is 5.75 Å². The van der Waals surface area contributed by atoms with Gasteiger partial charge in [-0.3, -0.25) is 15.1 Å². The molecule has 0 fully saturated rings. The van der Waals surface area contributed by atoms with E-state index in [4.69, 9.17) is 4.99 Å². The van der Waals surface area contributed by atoms with E-state index in [2.05, 4.69) is 133 Å². The smallest absolute Gasteiger partial charge is 0.270 e. The summed E-state index contributed by atoms with van der Waals surface area (Å²) in [6.07, 6.45) is 2.01. The molecule has 0 saturated carbocycles. The highest BCUT2D eigenvalue weighted by atomic mass is 16.6. The molecular formula is C41H58N2O4. The molecule has 256 valence electrons. The van der Waals surface area contributed by atoms with Crippen LogP contribution < -0.4 is 0 Å². The van der Waals surface area contributed by atoms with Crippen LogP contribution >= 0.6 is 0 Å². The van der Waals surface area contributed by atoms with Gasteiger partial charge >= 0.3 is 0 Å². The van der Waals surface area contributed by atoms with E-state index < -0.39 is 16.6 Å². The second kappa shape index (κ2) is 13.2. The molecule has 3 aromatic rings. The van der Waals surface area contributed by atoms with Crippen molar-refractivity contribution in [3.63, 3.8) is 0 Å². The number of nitro groups is 1. The molecule has 0 heterocycles. The third kappa shape index (κ3) is 8.90. The quantitative estimate of drug-likeness (QED) is 0.145. The SMILES string of the molecule is CC(C)CC(N=Cc1cc([N+](=O)[O-])ccc1O)C(O)(c1cc(C(C)(C)C)cc(C(C)(C)C)c1)c1cc(C(C)(C)C)cc(C(C)(C)C)c1. The van der Waals surface area contributed by atoms with Gasteiger partial charge in [-0.25, -0.2) is 0 Å². The van der Waals surface area contributed by atoms with Gasteiger partial charge in [-0.15, -0.1) is 0 Å². The zero-order valence-electron chi connectivity index (χ0n) is 31.2. The largest absolute Gasteiger partial charge is 0.507 e. The molecule has 0 aliphatic rings. The zero-order valence-corrected chi connectivity index (χ0v) is 31.2. The predicted octanol–water partition coefficient (Wildman–Crippen LogP) is 10.3. The number of phenols is 1. The van der Waals surface area contributed by atoms with Gasteiger partial charge in [0, 0.05) is 23.9 Å². The van der Waals surface area contributed by atoms with Gasteiger partial charge in [0.25, 0.3) is 5.69 Å². The van der Waals surface area contributed by atoms with Crippen LogP contribution in [0, 0.1) is 16.0 Å². The molecule has 0 aliphatic heterocycles. The molecule has 3 rings (SSSR count). The maximum Gasteiger partial charge on any atom is 0.270 e. The van der Waals surface area contributed by atoms with Crippen LogP contribution in [0.3, 0.4) is 0 Å². The highest BCUT2D eigenvalue weighted by Gasteiger charge is 2.43. The summed E-state index contributed by atoms with van der Waals surface area (Å²) in [5.41, 5.74) is 3.73. The number of aliphatic hydroxyl groups is 1. The Bertz CT molecular complexity index is 1480. The van der Waals surface area contributed by atoms with Crippen LogP contribution in [0.2, 0.25) is 0 Å². The first-order valence-corrected chi connectivity index (χ1v) is 16.8. The standard InChI is InChI=1S/C41H58N2O4/c1-26(2)17-36(42-25-27-18-34(43(46)47)15-16-35(27)44)41(45,32-21-28(37(3,4)5)19-29(22-32)38(6,7)8)33-23-30(39(9,10)11)20-31(24-33)40(12,13)14/h15-16,18-26,36,44-45H,17H2,1-14H3. The first kappa shape index (κ1) is 37.9. The van der Waals surface area contributed by atoms with Crippen molar-refractivity contribution in [2.45, 2.75) is 137 Å². The molecule has 47 heavy (non-hydrogen) atoms. The van der Waals surface area contributed by atoms with E-state index in [1.165, 1.54) is 24.4 Å². The number of non-ortho nitro benzene ring substituents is 1. The Hall–Kier alpha value is -3.51. The fourth-order valence-electron chi connectivity index (χ4n) is 5.69. The third-order valence-corrected chi connectivity index (χ3v) is 9.00. The molecular weight excluding hydrogens is 584 g/mol. The van der Waals surface area contributed by atoms with Crippen molar-refractivity contribution in [2.24, 2.45) is 10.9 Å². The summed E-state index contributed by atoms with van der Waals surface area (Å²) in [6, 6.07) is 16.2. The van der Waals surface area contributed by atoms with E-state index in [-0.39, 0.29) is 44.6 Å². The molecule has 1 atom stereocenters. The minimum absolute atomic E-state index is 0.110. The lowest BCUT2D eigenvalue weighted by Gasteiger charge is -2.39. The average Bonchev–Trinajstić information content (AvgIpc) is 2.92. The molecule has 2 N–H and O–H groups in total. The summed E-state index contributed by atoms with van der Waals surface area (Å²) in [4.78, 5) is 16.1. The maximum atomic E-state index is 13.6. The maximum absolute atomic E-state index is 13.6.